The van der Waals surface area contributed by atoms with E-state index in [1.165, 1.54) is 12.1 Å². The van der Waals surface area contributed by atoms with Gasteiger partial charge in [-0.15, -0.1) is 0 Å². The quantitative estimate of drug-likeness (QED) is 0.741. The molecule has 3 nitrogen and oxygen atoms in total. The molecule has 3 N–H and O–H groups in total. The maximum Gasteiger partial charge on any atom is 0.221 e. The van der Waals surface area contributed by atoms with E-state index in [4.69, 9.17) is 5.73 Å². The van der Waals surface area contributed by atoms with Gasteiger partial charge in [0.15, 0.2) is 0 Å². The molecule has 14 heavy (non-hydrogen) atoms. The second kappa shape index (κ2) is 3.14. The summed E-state index contributed by atoms with van der Waals surface area (Å²) in [5, 5.41) is 0.712. The Labute approximate surface area is 79.7 Å². The van der Waals surface area contributed by atoms with Crippen LogP contribution in [0.1, 0.15) is 5.56 Å². The summed E-state index contributed by atoms with van der Waals surface area (Å²) in [6, 6.07) is 4.39. The lowest BCUT2D eigenvalue weighted by Crippen LogP contribution is -2.13. The molecular formula is C10H9FN2O. The van der Waals surface area contributed by atoms with Crippen molar-refractivity contribution in [3.05, 3.63) is 35.8 Å². The molecule has 0 saturated heterocycles. The van der Waals surface area contributed by atoms with Gasteiger partial charge in [0, 0.05) is 17.1 Å². The van der Waals surface area contributed by atoms with Crippen molar-refractivity contribution in [2.45, 2.75) is 6.42 Å². The molecule has 0 unspecified atom stereocenters. The molecule has 1 heterocycles. The van der Waals surface area contributed by atoms with Crippen molar-refractivity contribution in [1.82, 2.24) is 4.98 Å². The summed E-state index contributed by atoms with van der Waals surface area (Å²) in [5.74, 6) is -0.738. The summed E-state index contributed by atoms with van der Waals surface area (Å²) < 4.78 is 12.9. The summed E-state index contributed by atoms with van der Waals surface area (Å²) in [7, 11) is 0. The van der Waals surface area contributed by atoms with E-state index in [0.29, 0.717) is 5.39 Å². The van der Waals surface area contributed by atoms with Gasteiger partial charge in [-0.25, -0.2) is 4.39 Å². The van der Waals surface area contributed by atoms with Crippen LogP contribution in [0.2, 0.25) is 0 Å². The Bertz CT molecular complexity index is 490. The third-order valence-corrected chi connectivity index (χ3v) is 2.09. The van der Waals surface area contributed by atoms with Gasteiger partial charge in [0.2, 0.25) is 5.91 Å². The predicted molar refractivity (Wildman–Crippen MR) is 51.2 cm³/mol. The number of rotatable bonds is 2. The number of hydrogen-bond donors (Lipinski definition) is 2. The van der Waals surface area contributed by atoms with Gasteiger partial charge in [-0.05, 0) is 23.8 Å². The number of aromatic nitrogens is 1. The van der Waals surface area contributed by atoms with Crippen LogP contribution in [0.15, 0.2) is 24.4 Å². The number of fused-ring (bicyclic) bond motifs is 1. The molecule has 0 radical (unpaired) electrons. The van der Waals surface area contributed by atoms with Gasteiger partial charge in [-0.1, -0.05) is 0 Å². The lowest BCUT2D eigenvalue weighted by Gasteiger charge is -1.95. The second-order valence-electron chi connectivity index (χ2n) is 3.15. The van der Waals surface area contributed by atoms with Crippen LogP contribution < -0.4 is 5.73 Å². The molecule has 2 rings (SSSR count). The number of primary amides is 1. The summed E-state index contributed by atoms with van der Waals surface area (Å²) in [6.07, 6.45) is 1.80. The van der Waals surface area contributed by atoms with Crippen LogP contribution in [-0.2, 0) is 11.2 Å². The second-order valence-corrected chi connectivity index (χ2v) is 3.15. The molecule has 0 fully saturated rings. The molecule has 0 aliphatic rings. The maximum atomic E-state index is 12.9. The summed E-state index contributed by atoms with van der Waals surface area (Å²) in [6.45, 7) is 0. The fourth-order valence-corrected chi connectivity index (χ4v) is 1.48. The number of H-pyrrole nitrogens is 1. The first-order valence-electron chi connectivity index (χ1n) is 4.20. The smallest absolute Gasteiger partial charge is 0.221 e. The van der Waals surface area contributed by atoms with Gasteiger partial charge in [-0.3, -0.25) is 4.79 Å². The maximum absolute atomic E-state index is 12.9. The Morgan fingerprint density at radius 3 is 3.00 bits per heavy atom. The minimum atomic E-state index is -0.421. The largest absolute Gasteiger partial charge is 0.369 e. The van der Waals surface area contributed by atoms with E-state index in [1.807, 2.05) is 0 Å². The fourth-order valence-electron chi connectivity index (χ4n) is 1.48. The van der Waals surface area contributed by atoms with E-state index < -0.39 is 5.91 Å². The van der Waals surface area contributed by atoms with Crippen molar-refractivity contribution in [1.29, 1.82) is 0 Å². The number of carbonyl (C=O) groups excluding carboxylic acids is 1. The Hall–Kier alpha value is -1.84. The SMILES string of the molecule is NC(=O)Cc1c[nH]c2ccc(F)cc12. The predicted octanol–water partition coefficient (Wildman–Crippen LogP) is 1.33. The third-order valence-electron chi connectivity index (χ3n) is 2.09. The van der Waals surface area contributed by atoms with Crippen molar-refractivity contribution in [2.24, 2.45) is 5.73 Å². The van der Waals surface area contributed by atoms with Gasteiger partial charge >= 0.3 is 0 Å². The zero-order valence-electron chi connectivity index (χ0n) is 7.38. The van der Waals surface area contributed by atoms with E-state index in [0.717, 1.165) is 11.1 Å². The Balaban J connectivity index is 2.55. The van der Waals surface area contributed by atoms with Gasteiger partial charge in [0.1, 0.15) is 5.82 Å². The van der Waals surface area contributed by atoms with E-state index >= 15 is 0 Å². The number of amides is 1. The fraction of sp³-hybridized carbons (Fsp3) is 0.100. The first kappa shape index (κ1) is 8.74. The topological polar surface area (TPSA) is 58.9 Å². The minimum absolute atomic E-state index is 0.128. The lowest BCUT2D eigenvalue weighted by molar-refractivity contribution is -0.117. The first-order valence-corrected chi connectivity index (χ1v) is 4.20. The van der Waals surface area contributed by atoms with Crippen molar-refractivity contribution in [3.8, 4) is 0 Å². The standard InChI is InChI=1S/C10H9FN2O/c11-7-1-2-9-8(4-7)6(5-13-9)3-10(12)14/h1-2,4-5,13H,3H2,(H2,12,14). The van der Waals surface area contributed by atoms with Gasteiger partial charge in [0.05, 0.1) is 6.42 Å². The van der Waals surface area contributed by atoms with Gasteiger partial charge in [-0.2, -0.15) is 0 Å². The summed E-state index contributed by atoms with van der Waals surface area (Å²) >= 11 is 0. The molecular weight excluding hydrogens is 183 g/mol. The van der Waals surface area contributed by atoms with Crippen LogP contribution in [0.5, 0.6) is 0 Å². The number of nitrogens with one attached hydrogen (secondary N) is 1. The normalized spacial score (nSPS) is 10.6. The highest BCUT2D eigenvalue weighted by molar-refractivity contribution is 5.88. The van der Waals surface area contributed by atoms with Crippen LogP contribution >= 0.6 is 0 Å². The van der Waals surface area contributed by atoms with E-state index in [9.17, 15) is 9.18 Å². The van der Waals surface area contributed by atoms with Crippen molar-refractivity contribution in [2.75, 3.05) is 0 Å². The molecule has 2 aromatic rings. The molecule has 72 valence electrons. The number of nitrogens with two attached hydrogens (primary N) is 1. The zero-order valence-corrected chi connectivity index (χ0v) is 7.38. The average molecular weight is 192 g/mol. The zero-order chi connectivity index (χ0) is 10.1. The summed E-state index contributed by atoms with van der Waals surface area (Å²) in [4.78, 5) is 13.7. The molecule has 0 spiro atoms. The highest BCUT2D eigenvalue weighted by Gasteiger charge is 2.06. The number of aromatic amines is 1. The lowest BCUT2D eigenvalue weighted by atomic mass is 10.1. The van der Waals surface area contributed by atoms with Gasteiger partial charge < -0.3 is 10.7 Å². The van der Waals surface area contributed by atoms with Crippen LogP contribution in [-0.4, -0.2) is 10.9 Å². The molecule has 4 heteroatoms. The van der Waals surface area contributed by atoms with E-state index in [1.54, 1.807) is 12.3 Å². The minimum Gasteiger partial charge on any atom is -0.369 e. The van der Waals surface area contributed by atoms with E-state index in [-0.39, 0.29) is 12.2 Å². The number of halogens is 1. The molecule has 0 aliphatic heterocycles. The molecule has 1 aromatic heterocycles. The van der Waals surface area contributed by atoms with Crippen LogP contribution in [0.25, 0.3) is 10.9 Å². The third kappa shape index (κ3) is 1.46. The number of carbonyl (C=O) groups is 1. The molecule has 0 bridgehead atoms. The monoisotopic (exact) mass is 192 g/mol. The Kier molecular flexibility index (Phi) is 1.96. The van der Waals surface area contributed by atoms with Crippen molar-refractivity contribution < 1.29 is 9.18 Å². The molecule has 0 atom stereocenters. The highest BCUT2D eigenvalue weighted by Crippen LogP contribution is 2.19. The molecule has 1 aromatic carbocycles. The highest BCUT2D eigenvalue weighted by atomic mass is 19.1. The molecule has 0 aliphatic carbocycles. The molecule has 1 amide bonds. The molecule has 0 saturated carbocycles. The number of hydrogen-bond acceptors (Lipinski definition) is 1. The van der Waals surface area contributed by atoms with Crippen molar-refractivity contribution >= 4 is 16.8 Å². The van der Waals surface area contributed by atoms with Crippen LogP contribution in [0.3, 0.4) is 0 Å². The Morgan fingerprint density at radius 2 is 2.29 bits per heavy atom. The first-order chi connectivity index (χ1) is 6.66. The van der Waals surface area contributed by atoms with E-state index in [2.05, 4.69) is 4.98 Å². The summed E-state index contributed by atoms with van der Waals surface area (Å²) in [5.41, 5.74) is 6.60. The van der Waals surface area contributed by atoms with Gasteiger partial charge in [0.25, 0.3) is 0 Å². The van der Waals surface area contributed by atoms with Crippen LogP contribution in [0.4, 0.5) is 4.39 Å². The Morgan fingerprint density at radius 1 is 1.50 bits per heavy atom. The number of benzene rings is 1. The average Bonchev–Trinajstić information content (AvgIpc) is 2.47. The van der Waals surface area contributed by atoms with Crippen molar-refractivity contribution in [3.63, 3.8) is 0 Å². The van der Waals surface area contributed by atoms with Crippen LogP contribution in [0, 0.1) is 5.82 Å².